The molecule has 0 spiro atoms. The number of amides is 2. The first-order valence-corrected chi connectivity index (χ1v) is 15.8. The quantitative estimate of drug-likeness (QED) is 0.252. The van der Waals surface area contributed by atoms with E-state index in [0.717, 1.165) is 9.87 Å². The zero-order chi connectivity index (χ0) is 31.1. The molecule has 226 valence electrons. The van der Waals surface area contributed by atoms with Crippen LogP contribution in [0.3, 0.4) is 0 Å². The number of para-hydroxylation sites is 2. The molecular formula is C31H37Cl2N3O5S. The second-order valence-corrected chi connectivity index (χ2v) is 13.4. The molecule has 3 aromatic carbocycles. The molecule has 0 saturated heterocycles. The monoisotopic (exact) mass is 633 g/mol. The number of anilines is 1. The normalized spacial score (nSPS) is 12.4. The third-order valence-electron chi connectivity index (χ3n) is 6.26. The van der Waals surface area contributed by atoms with Gasteiger partial charge in [0.2, 0.25) is 11.8 Å². The van der Waals surface area contributed by atoms with Crippen molar-refractivity contribution in [1.29, 1.82) is 0 Å². The number of halogens is 2. The van der Waals surface area contributed by atoms with Gasteiger partial charge in [-0.3, -0.25) is 13.9 Å². The summed E-state index contributed by atoms with van der Waals surface area (Å²) in [5, 5.41) is 3.86. The summed E-state index contributed by atoms with van der Waals surface area (Å²) in [6.45, 7) is 8.93. The molecule has 0 saturated carbocycles. The first-order valence-electron chi connectivity index (χ1n) is 13.6. The fourth-order valence-electron chi connectivity index (χ4n) is 4.35. The molecular weight excluding hydrogens is 597 g/mol. The Morgan fingerprint density at radius 2 is 1.48 bits per heavy atom. The minimum Gasteiger partial charge on any atom is -0.492 e. The van der Waals surface area contributed by atoms with Crippen LogP contribution < -0.4 is 14.4 Å². The Labute approximate surface area is 258 Å². The van der Waals surface area contributed by atoms with Gasteiger partial charge in [-0.1, -0.05) is 54.4 Å². The predicted octanol–water partition coefficient (Wildman–Crippen LogP) is 6.31. The number of ether oxygens (including phenoxy) is 1. The molecule has 0 aliphatic heterocycles. The first kappa shape index (κ1) is 33.2. The molecule has 8 nitrogen and oxygen atoms in total. The minimum absolute atomic E-state index is 0.0484. The van der Waals surface area contributed by atoms with Gasteiger partial charge in [0.05, 0.1) is 17.2 Å². The van der Waals surface area contributed by atoms with Gasteiger partial charge in [-0.15, -0.1) is 0 Å². The van der Waals surface area contributed by atoms with Crippen LogP contribution in [0.4, 0.5) is 5.69 Å². The molecule has 42 heavy (non-hydrogen) atoms. The van der Waals surface area contributed by atoms with Crippen molar-refractivity contribution in [2.45, 2.75) is 64.1 Å². The Morgan fingerprint density at radius 3 is 2.02 bits per heavy atom. The summed E-state index contributed by atoms with van der Waals surface area (Å²) in [5.74, 6) is -0.606. The molecule has 0 fully saturated rings. The smallest absolute Gasteiger partial charge is 0.264 e. The Kier molecular flexibility index (Phi) is 11.3. The van der Waals surface area contributed by atoms with Crippen molar-refractivity contribution in [3.8, 4) is 5.75 Å². The van der Waals surface area contributed by atoms with Crippen LogP contribution >= 0.6 is 23.2 Å². The highest BCUT2D eigenvalue weighted by molar-refractivity contribution is 7.92. The molecule has 11 heteroatoms. The summed E-state index contributed by atoms with van der Waals surface area (Å²) in [4.78, 5) is 29.0. The van der Waals surface area contributed by atoms with Crippen LogP contribution in [0.2, 0.25) is 10.0 Å². The Hall–Kier alpha value is -3.27. The van der Waals surface area contributed by atoms with E-state index in [-0.39, 0.29) is 29.6 Å². The number of hydrogen-bond donors (Lipinski definition) is 1. The van der Waals surface area contributed by atoms with Gasteiger partial charge < -0.3 is 15.0 Å². The summed E-state index contributed by atoms with van der Waals surface area (Å²) in [6.07, 6.45) is 0.306. The average Bonchev–Trinajstić information content (AvgIpc) is 2.92. The fraction of sp³-hybridized carbons (Fsp3) is 0.355. The number of hydrogen-bond acceptors (Lipinski definition) is 5. The largest absolute Gasteiger partial charge is 0.492 e. The third kappa shape index (κ3) is 8.63. The van der Waals surface area contributed by atoms with Crippen molar-refractivity contribution in [3.63, 3.8) is 0 Å². The van der Waals surface area contributed by atoms with E-state index in [2.05, 4.69) is 5.32 Å². The SMILES string of the molecule is CCOc1ccccc1N(CC(=O)N(Cc1ccc(Cl)cc1)[C@@H](CC)C(=O)NC(C)(C)C)S(=O)(=O)c1ccc(Cl)cc1. The van der Waals surface area contributed by atoms with E-state index >= 15 is 0 Å². The maximum absolute atomic E-state index is 14.2. The van der Waals surface area contributed by atoms with Crippen molar-refractivity contribution in [1.82, 2.24) is 10.2 Å². The Morgan fingerprint density at radius 1 is 0.905 bits per heavy atom. The van der Waals surface area contributed by atoms with Gasteiger partial charge in [-0.2, -0.15) is 0 Å². The number of nitrogens with zero attached hydrogens (tertiary/aromatic N) is 2. The van der Waals surface area contributed by atoms with Gasteiger partial charge in [-0.05, 0) is 88.2 Å². The highest BCUT2D eigenvalue weighted by Gasteiger charge is 2.35. The highest BCUT2D eigenvalue weighted by atomic mass is 35.5. The molecule has 0 radical (unpaired) electrons. The van der Waals surface area contributed by atoms with Crippen LogP contribution in [-0.2, 0) is 26.2 Å². The molecule has 1 N–H and O–H groups in total. The number of carbonyl (C=O) groups excluding carboxylic acids is 2. The Bertz CT molecular complexity index is 1470. The molecule has 0 aliphatic carbocycles. The van der Waals surface area contributed by atoms with Crippen molar-refractivity contribution in [2.24, 2.45) is 0 Å². The van der Waals surface area contributed by atoms with E-state index in [1.54, 1.807) is 55.5 Å². The van der Waals surface area contributed by atoms with Crippen molar-refractivity contribution < 1.29 is 22.7 Å². The minimum atomic E-state index is -4.27. The van der Waals surface area contributed by atoms with Crippen molar-refractivity contribution in [2.75, 3.05) is 17.5 Å². The lowest BCUT2D eigenvalue weighted by molar-refractivity contribution is -0.141. The van der Waals surface area contributed by atoms with E-state index in [9.17, 15) is 18.0 Å². The summed E-state index contributed by atoms with van der Waals surface area (Å²) in [6, 6.07) is 18.4. The van der Waals surface area contributed by atoms with E-state index in [4.69, 9.17) is 27.9 Å². The Balaban J connectivity index is 2.12. The van der Waals surface area contributed by atoms with Crippen molar-refractivity contribution >= 4 is 50.7 Å². The number of benzene rings is 3. The summed E-state index contributed by atoms with van der Waals surface area (Å²) in [5.41, 5.74) is 0.387. The standard InChI is InChI=1S/C31H37Cl2N3O5S/c1-6-26(30(38)34-31(3,4)5)35(20-22-12-14-23(32)15-13-22)29(37)21-36(27-10-8-9-11-28(27)41-7-2)42(39,40)25-18-16-24(33)17-19-25/h8-19,26H,6-7,20-21H2,1-5H3,(H,34,38)/t26-/m0/s1. The zero-order valence-electron chi connectivity index (χ0n) is 24.4. The van der Waals surface area contributed by atoms with Gasteiger partial charge in [0.1, 0.15) is 18.3 Å². The summed E-state index contributed by atoms with van der Waals surface area (Å²) in [7, 11) is -4.27. The van der Waals surface area contributed by atoms with Crippen LogP contribution in [-0.4, -0.2) is 49.9 Å². The van der Waals surface area contributed by atoms with Gasteiger partial charge in [0, 0.05) is 22.1 Å². The van der Waals surface area contributed by atoms with Crippen LogP contribution in [0, 0.1) is 0 Å². The number of rotatable bonds is 12. The lowest BCUT2D eigenvalue weighted by Crippen LogP contribution is -2.55. The number of carbonyl (C=O) groups is 2. The number of sulfonamides is 1. The van der Waals surface area contributed by atoms with Crippen LogP contribution in [0.15, 0.2) is 77.7 Å². The molecule has 0 unspecified atom stereocenters. The molecule has 2 amide bonds. The van der Waals surface area contributed by atoms with Gasteiger partial charge in [0.25, 0.3) is 10.0 Å². The van der Waals surface area contributed by atoms with Gasteiger partial charge in [-0.25, -0.2) is 8.42 Å². The van der Waals surface area contributed by atoms with Gasteiger partial charge >= 0.3 is 0 Å². The third-order valence-corrected chi connectivity index (χ3v) is 8.54. The van der Waals surface area contributed by atoms with E-state index < -0.39 is 34.1 Å². The molecule has 1 atom stereocenters. The van der Waals surface area contributed by atoms with Gasteiger partial charge in [0.15, 0.2) is 0 Å². The predicted molar refractivity (Wildman–Crippen MR) is 168 cm³/mol. The summed E-state index contributed by atoms with van der Waals surface area (Å²) >= 11 is 12.1. The second-order valence-electron chi connectivity index (χ2n) is 10.7. The second kappa shape index (κ2) is 14.3. The molecule has 0 heterocycles. The van der Waals surface area contributed by atoms with E-state index in [0.29, 0.717) is 22.2 Å². The number of nitrogens with one attached hydrogen (secondary N) is 1. The van der Waals surface area contributed by atoms with Crippen LogP contribution in [0.1, 0.15) is 46.6 Å². The zero-order valence-corrected chi connectivity index (χ0v) is 26.8. The molecule has 0 bridgehead atoms. The molecule has 0 aromatic heterocycles. The average molecular weight is 635 g/mol. The topological polar surface area (TPSA) is 96.0 Å². The van der Waals surface area contributed by atoms with Crippen LogP contribution in [0.5, 0.6) is 5.75 Å². The highest BCUT2D eigenvalue weighted by Crippen LogP contribution is 2.33. The summed E-state index contributed by atoms with van der Waals surface area (Å²) < 4.78 is 34.9. The van der Waals surface area contributed by atoms with E-state index in [1.807, 2.05) is 27.7 Å². The fourth-order valence-corrected chi connectivity index (χ4v) is 6.02. The molecule has 3 rings (SSSR count). The van der Waals surface area contributed by atoms with Crippen molar-refractivity contribution in [3.05, 3.63) is 88.4 Å². The first-order chi connectivity index (χ1) is 19.8. The molecule has 3 aromatic rings. The lowest BCUT2D eigenvalue weighted by atomic mass is 10.1. The van der Waals surface area contributed by atoms with Crippen LogP contribution in [0.25, 0.3) is 0 Å². The van der Waals surface area contributed by atoms with E-state index in [1.165, 1.54) is 29.2 Å². The maximum Gasteiger partial charge on any atom is 0.264 e. The molecule has 0 aliphatic rings. The lowest BCUT2D eigenvalue weighted by Gasteiger charge is -2.35. The maximum atomic E-state index is 14.2.